The molecule has 2 aliphatic carbocycles. The average Bonchev–Trinajstić information content (AvgIpc) is 3.31. The van der Waals surface area contributed by atoms with E-state index in [4.69, 9.17) is 0 Å². The van der Waals surface area contributed by atoms with Gasteiger partial charge >= 0.3 is 0 Å². The van der Waals surface area contributed by atoms with E-state index < -0.39 is 0 Å². The summed E-state index contributed by atoms with van der Waals surface area (Å²) in [5.41, 5.74) is 0. The first-order chi connectivity index (χ1) is 11.1. The van der Waals surface area contributed by atoms with Crippen molar-refractivity contribution in [3.05, 3.63) is 5.82 Å². The van der Waals surface area contributed by atoms with E-state index in [1.54, 1.807) is 0 Å². The van der Waals surface area contributed by atoms with Crippen molar-refractivity contribution in [3.63, 3.8) is 0 Å². The fourth-order valence-electron chi connectivity index (χ4n) is 3.32. The van der Waals surface area contributed by atoms with Crippen LogP contribution in [0.1, 0.15) is 83.0 Å². The third kappa shape index (κ3) is 4.49. The topological polar surface area (TPSA) is 59.8 Å². The summed E-state index contributed by atoms with van der Waals surface area (Å²) in [7, 11) is 0. The van der Waals surface area contributed by atoms with E-state index in [1.165, 1.54) is 50.3 Å². The Morgan fingerprint density at radius 2 is 1.87 bits per heavy atom. The Bertz CT molecular complexity index is 531. The van der Waals surface area contributed by atoms with Crippen LogP contribution >= 0.6 is 11.8 Å². The van der Waals surface area contributed by atoms with Crippen molar-refractivity contribution in [3.8, 4) is 0 Å². The van der Waals surface area contributed by atoms with Gasteiger partial charge in [0.15, 0.2) is 5.16 Å². The average molecular weight is 337 g/mol. The molecular weight excluding hydrogens is 308 g/mol. The van der Waals surface area contributed by atoms with Crippen molar-refractivity contribution in [1.82, 2.24) is 20.1 Å². The molecule has 0 aromatic carbocycles. The maximum absolute atomic E-state index is 12.2. The van der Waals surface area contributed by atoms with Crippen LogP contribution in [0.15, 0.2) is 5.16 Å². The molecule has 0 spiro atoms. The lowest BCUT2D eigenvalue weighted by atomic mass is 10.1. The smallest absolute Gasteiger partial charge is 0.230 e. The standard InChI is InChI=1S/C17H28N4OS/c1-12(2)21-16(13-9-10-13)19-20-17(21)23-11-15(22)18-14-7-5-3-4-6-8-14/h12-14H,3-11H2,1-2H3,(H,18,22). The van der Waals surface area contributed by atoms with Gasteiger partial charge in [-0.1, -0.05) is 37.4 Å². The van der Waals surface area contributed by atoms with E-state index in [-0.39, 0.29) is 5.91 Å². The third-order valence-corrected chi connectivity index (χ3v) is 5.65. The predicted octanol–water partition coefficient (Wildman–Crippen LogP) is 3.67. The Labute approximate surface area is 143 Å². The number of rotatable bonds is 6. The zero-order valence-electron chi connectivity index (χ0n) is 14.3. The fourth-order valence-corrected chi connectivity index (χ4v) is 4.20. The molecule has 2 fully saturated rings. The van der Waals surface area contributed by atoms with E-state index in [0.29, 0.717) is 23.8 Å². The summed E-state index contributed by atoms with van der Waals surface area (Å²) < 4.78 is 2.21. The van der Waals surface area contributed by atoms with Gasteiger partial charge in [-0.2, -0.15) is 0 Å². The molecule has 0 unspecified atom stereocenters. The summed E-state index contributed by atoms with van der Waals surface area (Å²) in [6, 6.07) is 0.712. The lowest BCUT2D eigenvalue weighted by molar-refractivity contribution is -0.119. The first-order valence-electron chi connectivity index (χ1n) is 9.02. The second-order valence-electron chi connectivity index (χ2n) is 7.12. The van der Waals surface area contributed by atoms with Crippen LogP contribution < -0.4 is 5.32 Å². The molecule has 0 aliphatic heterocycles. The van der Waals surface area contributed by atoms with Gasteiger partial charge in [-0.25, -0.2) is 0 Å². The summed E-state index contributed by atoms with van der Waals surface area (Å²) in [5, 5.41) is 12.8. The minimum absolute atomic E-state index is 0.133. The molecule has 1 aromatic heterocycles. The van der Waals surface area contributed by atoms with E-state index >= 15 is 0 Å². The van der Waals surface area contributed by atoms with Crippen LogP contribution in [0.2, 0.25) is 0 Å². The zero-order chi connectivity index (χ0) is 16.2. The largest absolute Gasteiger partial charge is 0.353 e. The molecule has 23 heavy (non-hydrogen) atoms. The fraction of sp³-hybridized carbons (Fsp3) is 0.824. The molecule has 0 radical (unpaired) electrons. The highest BCUT2D eigenvalue weighted by Crippen LogP contribution is 2.41. The molecule has 6 heteroatoms. The summed E-state index contributed by atoms with van der Waals surface area (Å²) >= 11 is 1.52. The summed E-state index contributed by atoms with van der Waals surface area (Å²) in [4.78, 5) is 12.2. The van der Waals surface area contributed by atoms with Crippen LogP contribution in [0.4, 0.5) is 0 Å². The van der Waals surface area contributed by atoms with E-state index in [0.717, 1.165) is 23.8 Å². The molecule has 1 N–H and O–H groups in total. The highest BCUT2D eigenvalue weighted by Gasteiger charge is 2.31. The molecule has 0 atom stereocenters. The maximum Gasteiger partial charge on any atom is 0.230 e. The molecule has 0 bridgehead atoms. The van der Waals surface area contributed by atoms with Crippen LogP contribution in [0.25, 0.3) is 0 Å². The number of nitrogens with zero attached hydrogens (tertiary/aromatic N) is 3. The monoisotopic (exact) mass is 336 g/mol. The number of carbonyl (C=O) groups is 1. The lowest BCUT2D eigenvalue weighted by Crippen LogP contribution is -2.35. The molecule has 5 nitrogen and oxygen atoms in total. The zero-order valence-corrected chi connectivity index (χ0v) is 15.1. The van der Waals surface area contributed by atoms with Crippen LogP contribution in [0.5, 0.6) is 0 Å². The number of aromatic nitrogens is 3. The Hall–Kier alpha value is -1.04. The van der Waals surface area contributed by atoms with Crippen molar-refractivity contribution in [2.24, 2.45) is 0 Å². The molecule has 2 saturated carbocycles. The lowest BCUT2D eigenvalue weighted by Gasteiger charge is -2.16. The van der Waals surface area contributed by atoms with Crippen LogP contribution in [-0.2, 0) is 4.79 Å². The second-order valence-corrected chi connectivity index (χ2v) is 8.07. The summed E-state index contributed by atoms with van der Waals surface area (Å²) in [6.45, 7) is 4.32. The number of hydrogen-bond donors (Lipinski definition) is 1. The van der Waals surface area contributed by atoms with Gasteiger partial charge in [0.2, 0.25) is 5.91 Å². The summed E-state index contributed by atoms with van der Waals surface area (Å²) in [6.07, 6.45) is 9.80. The van der Waals surface area contributed by atoms with E-state index in [1.807, 2.05) is 0 Å². The normalized spacial score (nSPS) is 19.8. The second kappa shape index (κ2) is 7.69. The predicted molar refractivity (Wildman–Crippen MR) is 92.7 cm³/mol. The number of amides is 1. The van der Waals surface area contributed by atoms with Crippen molar-refractivity contribution < 1.29 is 4.79 Å². The first-order valence-corrected chi connectivity index (χ1v) is 10.0. The van der Waals surface area contributed by atoms with Gasteiger partial charge in [0, 0.05) is 18.0 Å². The Morgan fingerprint density at radius 3 is 2.48 bits per heavy atom. The van der Waals surface area contributed by atoms with Crippen molar-refractivity contribution >= 4 is 17.7 Å². The van der Waals surface area contributed by atoms with Gasteiger partial charge < -0.3 is 9.88 Å². The molecule has 1 aromatic rings. The minimum atomic E-state index is 0.133. The Morgan fingerprint density at radius 1 is 1.17 bits per heavy atom. The number of thioether (sulfide) groups is 1. The van der Waals surface area contributed by atoms with Gasteiger partial charge in [0.1, 0.15) is 5.82 Å². The number of nitrogens with one attached hydrogen (secondary N) is 1. The van der Waals surface area contributed by atoms with Gasteiger partial charge in [-0.3, -0.25) is 4.79 Å². The van der Waals surface area contributed by atoms with Gasteiger partial charge in [-0.15, -0.1) is 10.2 Å². The first kappa shape index (κ1) is 16.8. The SMILES string of the molecule is CC(C)n1c(SCC(=O)NC2CCCCCC2)nnc1C1CC1. The van der Waals surface area contributed by atoms with Crippen LogP contribution in [0.3, 0.4) is 0 Å². The molecule has 1 amide bonds. The van der Waals surface area contributed by atoms with Gasteiger partial charge in [-0.05, 0) is 39.5 Å². The van der Waals surface area contributed by atoms with Gasteiger partial charge in [0.25, 0.3) is 0 Å². The highest BCUT2D eigenvalue weighted by atomic mass is 32.2. The highest BCUT2D eigenvalue weighted by molar-refractivity contribution is 7.99. The molecule has 0 saturated heterocycles. The van der Waals surface area contributed by atoms with Crippen molar-refractivity contribution in [2.75, 3.05) is 5.75 Å². The minimum Gasteiger partial charge on any atom is -0.353 e. The third-order valence-electron chi connectivity index (χ3n) is 4.70. The van der Waals surface area contributed by atoms with Crippen LogP contribution in [0, 0.1) is 0 Å². The Kier molecular flexibility index (Phi) is 5.62. The molecule has 1 heterocycles. The van der Waals surface area contributed by atoms with Crippen molar-refractivity contribution in [1.29, 1.82) is 0 Å². The van der Waals surface area contributed by atoms with Gasteiger partial charge in [0.05, 0.1) is 5.75 Å². The molecule has 128 valence electrons. The molecule has 2 aliphatic rings. The molecular formula is C17H28N4OS. The Balaban J connectivity index is 1.54. The van der Waals surface area contributed by atoms with Crippen LogP contribution in [-0.4, -0.2) is 32.5 Å². The van der Waals surface area contributed by atoms with E-state index in [9.17, 15) is 4.79 Å². The maximum atomic E-state index is 12.2. The quantitative estimate of drug-likeness (QED) is 0.636. The van der Waals surface area contributed by atoms with Crippen molar-refractivity contribution in [2.45, 2.75) is 88.4 Å². The van der Waals surface area contributed by atoms with E-state index in [2.05, 4.69) is 33.9 Å². The summed E-state index contributed by atoms with van der Waals surface area (Å²) in [5.74, 6) is 2.25. The number of carbonyl (C=O) groups excluding carboxylic acids is 1. The number of hydrogen-bond acceptors (Lipinski definition) is 4. The molecule has 3 rings (SSSR count).